The third-order valence-electron chi connectivity index (χ3n) is 3.99. The predicted octanol–water partition coefficient (Wildman–Crippen LogP) is 3.09. The lowest BCUT2D eigenvalue weighted by Gasteiger charge is -2.18. The Morgan fingerprint density at radius 1 is 1.42 bits per heavy atom. The summed E-state index contributed by atoms with van der Waals surface area (Å²) in [5, 5.41) is 12.3. The molecular formula is C15H20ClNO2. The van der Waals surface area contributed by atoms with Crippen molar-refractivity contribution in [2.75, 3.05) is 12.4 Å². The molecule has 19 heavy (non-hydrogen) atoms. The van der Waals surface area contributed by atoms with E-state index in [9.17, 15) is 9.90 Å². The molecule has 3 nitrogen and oxygen atoms in total. The highest BCUT2D eigenvalue weighted by Gasteiger charge is 2.26. The van der Waals surface area contributed by atoms with Gasteiger partial charge in [0.25, 0.3) is 5.91 Å². The van der Waals surface area contributed by atoms with Gasteiger partial charge in [0.15, 0.2) is 0 Å². The summed E-state index contributed by atoms with van der Waals surface area (Å²) in [5.41, 5.74) is 1.41. The quantitative estimate of drug-likeness (QED) is 0.833. The molecular weight excluding hydrogens is 262 g/mol. The smallest absolute Gasteiger partial charge is 0.251 e. The summed E-state index contributed by atoms with van der Waals surface area (Å²) < 4.78 is 0. The first kappa shape index (κ1) is 14.2. The number of alkyl halides is 1. The predicted molar refractivity (Wildman–Crippen MR) is 76.7 cm³/mol. The number of carbonyl (C=O) groups excluding carboxylic acids is 1. The van der Waals surface area contributed by atoms with Crippen LogP contribution >= 0.6 is 11.6 Å². The number of carbonyl (C=O) groups is 1. The highest BCUT2D eigenvalue weighted by Crippen LogP contribution is 2.32. The summed E-state index contributed by atoms with van der Waals surface area (Å²) in [6, 6.07) is 4.80. The Balaban J connectivity index is 1.94. The first-order valence-corrected chi connectivity index (χ1v) is 7.29. The van der Waals surface area contributed by atoms with E-state index in [4.69, 9.17) is 11.6 Å². The van der Waals surface area contributed by atoms with Gasteiger partial charge in [0.05, 0.1) is 0 Å². The number of hydrogen-bond acceptors (Lipinski definition) is 2. The molecule has 1 aromatic rings. The number of halogens is 1. The maximum Gasteiger partial charge on any atom is 0.251 e. The first-order valence-electron chi connectivity index (χ1n) is 6.75. The molecule has 1 aliphatic carbocycles. The summed E-state index contributed by atoms with van der Waals surface area (Å²) in [5.74, 6) is 1.82. The number of amides is 1. The van der Waals surface area contributed by atoms with Gasteiger partial charge in [-0.05, 0) is 55.4 Å². The van der Waals surface area contributed by atoms with Crippen LogP contribution in [0.4, 0.5) is 0 Å². The lowest BCUT2D eigenvalue weighted by Crippen LogP contribution is -2.31. The van der Waals surface area contributed by atoms with E-state index >= 15 is 0 Å². The lowest BCUT2D eigenvalue weighted by atomic mass is 9.98. The Morgan fingerprint density at radius 3 is 2.84 bits per heavy atom. The molecule has 2 unspecified atom stereocenters. The molecule has 4 heteroatoms. The molecule has 0 heterocycles. The number of aromatic hydroxyl groups is 1. The zero-order valence-corrected chi connectivity index (χ0v) is 11.9. The van der Waals surface area contributed by atoms with Crippen LogP contribution in [0, 0.1) is 18.8 Å². The summed E-state index contributed by atoms with van der Waals surface area (Å²) in [4.78, 5) is 12.1. The van der Waals surface area contributed by atoms with Crippen molar-refractivity contribution in [1.29, 1.82) is 0 Å². The van der Waals surface area contributed by atoms with Crippen molar-refractivity contribution in [1.82, 2.24) is 5.32 Å². The zero-order valence-electron chi connectivity index (χ0n) is 11.2. The van der Waals surface area contributed by atoms with Crippen molar-refractivity contribution in [3.8, 4) is 5.75 Å². The second-order valence-electron chi connectivity index (χ2n) is 5.31. The van der Waals surface area contributed by atoms with Gasteiger partial charge >= 0.3 is 0 Å². The molecule has 2 rings (SSSR count). The normalized spacial score (nSPS) is 22.4. The number of hydrogen-bond donors (Lipinski definition) is 2. The molecule has 1 amide bonds. The standard InChI is InChI=1S/C15H20ClNO2/c1-10-7-13(18)5-6-14(10)15(19)17-9-12-4-2-3-11(12)8-16/h5-7,11-12,18H,2-4,8-9H2,1H3,(H,17,19). The van der Waals surface area contributed by atoms with Crippen LogP contribution in [0.25, 0.3) is 0 Å². The summed E-state index contributed by atoms with van der Waals surface area (Å²) in [6.07, 6.45) is 3.52. The van der Waals surface area contributed by atoms with Gasteiger partial charge in [0.2, 0.25) is 0 Å². The molecule has 1 aromatic carbocycles. The maximum absolute atomic E-state index is 12.1. The molecule has 104 valence electrons. The fourth-order valence-corrected chi connectivity index (χ4v) is 3.21. The van der Waals surface area contributed by atoms with Crippen LogP contribution < -0.4 is 5.32 Å². The molecule has 2 N–H and O–H groups in total. The Labute approximate surface area is 119 Å². The van der Waals surface area contributed by atoms with E-state index in [2.05, 4.69) is 5.32 Å². The van der Waals surface area contributed by atoms with Crippen molar-refractivity contribution < 1.29 is 9.90 Å². The molecule has 1 aliphatic rings. The number of rotatable bonds is 4. The van der Waals surface area contributed by atoms with E-state index in [-0.39, 0.29) is 11.7 Å². The molecule has 0 aliphatic heterocycles. The Kier molecular flexibility index (Phi) is 4.70. The number of phenolic OH excluding ortho intramolecular Hbond substituents is 1. The average Bonchev–Trinajstić information content (AvgIpc) is 2.83. The van der Waals surface area contributed by atoms with Gasteiger partial charge in [0, 0.05) is 18.0 Å². The maximum atomic E-state index is 12.1. The number of aryl methyl sites for hydroxylation is 1. The molecule has 0 bridgehead atoms. The second-order valence-corrected chi connectivity index (χ2v) is 5.62. The van der Waals surface area contributed by atoms with E-state index < -0.39 is 0 Å². The van der Waals surface area contributed by atoms with Gasteiger partial charge in [0.1, 0.15) is 5.75 Å². The van der Waals surface area contributed by atoms with Gasteiger partial charge in [-0.25, -0.2) is 0 Å². The number of phenols is 1. The topological polar surface area (TPSA) is 49.3 Å². The minimum atomic E-state index is -0.0716. The molecule has 0 aromatic heterocycles. The van der Waals surface area contributed by atoms with Crippen molar-refractivity contribution >= 4 is 17.5 Å². The van der Waals surface area contributed by atoms with Crippen LogP contribution in [0.2, 0.25) is 0 Å². The van der Waals surface area contributed by atoms with E-state index in [1.807, 2.05) is 6.92 Å². The van der Waals surface area contributed by atoms with Crippen molar-refractivity contribution in [2.24, 2.45) is 11.8 Å². The highest BCUT2D eigenvalue weighted by molar-refractivity contribution is 6.18. The van der Waals surface area contributed by atoms with E-state index in [1.54, 1.807) is 18.2 Å². The van der Waals surface area contributed by atoms with Crippen LogP contribution in [0.5, 0.6) is 5.75 Å². The van der Waals surface area contributed by atoms with E-state index in [0.29, 0.717) is 29.8 Å². The van der Waals surface area contributed by atoms with Crippen LogP contribution in [0.3, 0.4) is 0 Å². The van der Waals surface area contributed by atoms with Gasteiger partial charge in [-0.3, -0.25) is 4.79 Å². The van der Waals surface area contributed by atoms with E-state index in [0.717, 1.165) is 12.0 Å². The minimum Gasteiger partial charge on any atom is -0.508 e. The fraction of sp³-hybridized carbons (Fsp3) is 0.533. The average molecular weight is 282 g/mol. The molecule has 1 saturated carbocycles. The fourth-order valence-electron chi connectivity index (χ4n) is 2.81. The van der Waals surface area contributed by atoms with Crippen LogP contribution in [-0.2, 0) is 0 Å². The molecule has 0 saturated heterocycles. The Hall–Kier alpha value is -1.22. The van der Waals surface area contributed by atoms with Crippen molar-refractivity contribution in [3.05, 3.63) is 29.3 Å². The largest absolute Gasteiger partial charge is 0.508 e. The number of benzene rings is 1. The van der Waals surface area contributed by atoms with Crippen LogP contribution in [0.1, 0.15) is 35.2 Å². The van der Waals surface area contributed by atoms with E-state index in [1.165, 1.54) is 12.8 Å². The van der Waals surface area contributed by atoms with Crippen molar-refractivity contribution in [3.63, 3.8) is 0 Å². The minimum absolute atomic E-state index is 0.0716. The third kappa shape index (κ3) is 3.41. The monoisotopic (exact) mass is 281 g/mol. The Morgan fingerprint density at radius 2 is 2.16 bits per heavy atom. The van der Waals surface area contributed by atoms with Gasteiger partial charge < -0.3 is 10.4 Å². The van der Waals surface area contributed by atoms with Gasteiger partial charge in [-0.2, -0.15) is 0 Å². The molecule has 0 radical (unpaired) electrons. The lowest BCUT2D eigenvalue weighted by molar-refractivity contribution is 0.0944. The summed E-state index contributed by atoms with van der Waals surface area (Å²) >= 11 is 5.94. The molecule has 0 spiro atoms. The second kappa shape index (κ2) is 6.29. The molecule has 1 fully saturated rings. The Bertz CT molecular complexity index is 461. The van der Waals surface area contributed by atoms with Crippen molar-refractivity contribution in [2.45, 2.75) is 26.2 Å². The summed E-state index contributed by atoms with van der Waals surface area (Å²) in [7, 11) is 0. The summed E-state index contributed by atoms with van der Waals surface area (Å²) in [6.45, 7) is 2.52. The zero-order chi connectivity index (χ0) is 13.8. The van der Waals surface area contributed by atoms with Crippen LogP contribution in [0.15, 0.2) is 18.2 Å². The SMILES string of the molecule is Cc1cc(O)ccc1C(=O)NCC1CCCC1CCl. The first-order chi connectivity index (χ1) is 9.11. The highest BCUT2D eigenvalue weighted by atomic mass is 35.5. The third-order valence-corrected chi connectivity index (χ3v) is 4.39. The number of nitrogens with one attached hydrogen (secondary N) is 1. The van der Waals surface area contributed by atoms with Crippen LogP contribution in [-0.4, -0.2) is 23.4 Å². The van der Waals surface area contributed by atoms with Gasteiger partial charge in [-0.1, -0.05) is 6.42 Å². The molecule has 2 atom stereocenters. The van der Waals surface area contributed by atoms with Gasteiger partial charge in [-0.15, -0.1) is 11.6 Å².